The second-order valence-corrected chi connectivity index (χ2v) is 5.28. The minimum atomic E-state index is -0.168. The van der Waals surface area contributed by atoms with E-state index in [4.69, 9.17) is 0 Å². The fourth-order valence-corrected chi connectivity index (χ4v) is 2.69. The van der Waals surface area contributed by atoms with Crippen molar-refractivity contribution in [3.8, 4) is 0 Å². The Bertz CT molecular complexity index is 492. The lowest BCUT2D eigenvalue weighted by Gasteiger charge is -2.15. The molecule has 1 aromatic heterocycles. The molecular weight excluding hydrogens is 233 g/mol. The van der Waals surface area contributed by atoms with Crippen molar-refractivity contribution in [1.82, 2.24) is 5.32 Å². The van der Waals surface area contributed by atoms with E-state index in [1.54, 1.807) is 23.5 Å². The summed E-state index contributed by atoms with van der Waals surface area (Å²) in [7, 11) is 1.94. The first-order valence-electron chi connectivity index (χ1n) is 5.66. The molecule has 0 aliphatic rings. The molecule has 1 unspecified atom stereocenters. The molecule has 1 heterocycles. The van der Waals surface area contributed by atoms with Crippen molar-refractivity contribution < 1.29 is 4.39 Å². The van der Waals surface area contributed by atoms with E-state index in [9.17, 15) is 4.39 Å². The quantitative estimate of drug-likeness (QED) is 0.871. The molecule has 1 atom stereocenters. The van der Waals surface area contributed by atoms with Gasteiger partial charge < -0.3 is 5.32 Å². The predicted octanol–water partition coefficient (Wildman–Crippen LogP) is 3.70. The fourth-order valence-electron chi connectivity index (χ4n) is 1.93. The monoisotopic (exact) mass is 249 g/mol. The zero-order chi connectivity index (χ0) is 12.3. The van der Waals surface area contributed by atoms with Gasteiger partial charge >= 0.3 is 0 Å². The van der Waals surface area contributed by atoms with Crippen molar-refractivity contribution in [3.63, 3.8) is 0 Å². The largest absolute Gasteiger partial charge is 0.313 e. The molecule has 17 heavy (non-hydrogen) atoms. The molecule has 1 N–H and O–H groups in total. The summed E-state index contributed by atoms with van der Waals surface area (Å²) in [5.41, 5.74) is 2.30. The van der Waals surface area contributed by atoms with E-state index in [1.807, 2.05) is 13.1 Å². The zero-order valence-corrected chi connectivity index (χ0v) is 10.9. The van der Waals surface area contributed by atoms with Crippen molar-refractivity contribution in [2.45, 2.75) is 19.4 Å². The van der Waals surface area contributed by atoms with Gasteiger partial charge in [-0.25, -0.2) is 4.39 Å². The summed E-state index contributed by atoms with van der Waals surface area (Å²) in [4.78, 5) is 1.31. The van der Waals surface area contributed by atoms with Gasteiger partial charge in [0.25, 0.3) is 0 Å². The number of thiophene rings is 1. The maximum Gasteiger partial charge on any atom is 0.123 e. The topological polar surface area (TPSA) is 12.0 Å². The molecular formula is C14H16FNS. The Morgan fingerprint density at radius 1 is 1.35 bits per heavy atom. The molecule has 0 fully saturated rings. The summed E-state index contributed by atoms with van der Waals surface area (Å²) < 4.78 is 13.1. The number of hydrogen-bond acceptors (Lipinski definition) is 2. The van der Waals surface area contributed by atoms with Crippen LogP contribution < -0.4 is 5.32 Å². The van der Waals surface area contributed by atoms with E-state index in [0.717, 1.165) is 12.0 Å². The lowest BCUT2D eigenvalue weighted by atomic mass is 10.0. The number of halogens is 1. The van der Waals surface area contributed by atoms with Gasteiger partial charge in [-0.2, -0.15) is 0 Å². The van der Waals surface area contributed by atoms with Crippen LogP contribution >= 0.6 is 11.3 Å². The molecule has 3 heteroatoms. The van der Waals surface area contributed by atoms with E-state index in [1.165, 1.54) is 16.5 Å². The first-order valence-corrected chi connectivity index (χ1v) is 6.54. The summed E-state index contributed by atoms with van der Waals surface area (Å²) in [6.45, 7) is 2.10. The maximum absolute atomic E-state index is 13.1. The van der Waals surface area contributed by atoms with Gasteiger partial charge in [0.1, 0.15) is 5.82 Å². The van der Waals surface area contributed by atoms with Gasteiger partial charge in [0, 0.05) is 10.9 Å². The van der Waals surface area contributed by atoms with Crippen LogP contribution in [0.15, 0.2) is 35.7 Å². The molecule has 0 aliphatic carbocycles. The van der Waals surface area contributed by atoms with Crippen LogP contribution in [0.1, 0.15) is 22.0 Å². The van der Waals surface area contributed by atoms with Gasteiger partial charge in [0.15, 0.2) is 0 Å². The van der Waals surface area contributed by atoms with Gasteiger partial charge in [-0.05, 0) is 55.1 Å². The molecule has 0 saturated heterocycles. The first kappa shape index (κ1) is 12.3. The van der Waals surface area contributed by atoms with E-state index in [0.29, 0.717) is 0 Å². The van der Waals surface area contributed by atoms with Crippen LogP contribution in [0.25, 0.3) is 0 Å². The van der Waals surface area contributed by atoms with Gasteiger partial charge in [-0.3, -0.25) is 0 Å². The standard InChI is InChI=1S/C14H16FNS/c1-10-6-12(9-17-10)14(16-2)8-11-4-3-5-13(15)7-11/h3-7,9,14,16H,8H2,1-2H3. The predicted molar refractivity (Wildman–Crippen MR) is 71.0 cm³/mol. The number of rotatable bonds is 4. The number of nitrogens with one attached hydrogen (secondary N) is 1. The van der Waals surface area contributed by atoms with Crippen molar-refractivity contribution in [1.29, 1.82) is 0 Å². The van der Waals surface area contributed by atoms with E-state index < -0.39 is 0 Å². The SMILES string of the molecule is CNC(Cc1cccc(F)c1)c1csc(C)c1. The molecule has 90 valence electrons. The summed E-state index contributed by atoms with van der Waals surface area (Å²) >= 11 is 1.75. The van der Waals surface area contributed by atoms with Crippen molar-refractivity contribution in [2.75, 3.05) is 7.05 Å². The molecule has 1 nitrogen and oxygen atoms in total. The lowest BCUT2D eigenvalue weighted by molar-refractivity contribution is 0.585. The normalized spacial score (nSPS) is 12.6. The Kier molecular flexibility index (Phi) is 3.92. The third-order valence-electron chi connectivity index (χ3n) is 2.83. The van der Waals surface area contributed by atoms with Crippen LogP contribution in [-0.4, -0.2) is 7.05 Å². The molecule has 0 saturated carbocycles. The third kappa shape index (κ3) is 3.14. The number of aryl methyl sites for hydroxylation is 1. The Labute approximate surface area is 105 Å². The Balaban J connectivity index is 2.15. The minimum absolute atomic E-state index is 0.168. The van der Waals surface area contributed by atoms with E-state index in [2.05, 4.69) is 23.7 Å². The number of likely N-dealkylation sites (N-methyl/N-ethyl adjacent to an activating group) is 1. The van der Waals surface area contributed by atoms with Crippen LogP contribution in [0.4, 0.5) is 4.39 Å². The van der Waals surface area contributed by atoms with Crippen molar-refractivity contribution in [3.05, 3.63) is 57.5 Å². The average Bonchev–Trinajstić information content (AvgIpc) is 2.73. The molecule has 2 aromatic rings. The minimum Gasteiger partial charge on any atom is -0.313 e. The van der Waals surface area contributed by atoms with Crippen molar-refractivity contribution in [2.24, 2.45) is 0 Å². The number of benzene rings is 1. The highest BCUT2D eigenvalue weighted by Gasteiger charge is 2.11. The summed E-state index contributed by atoms with van der Waals surface area (Å²) in [6, 6.07) is 9.24. The molecule has 1 aromatic carbocycles. The molecule has 0 aliphatic heterocycles. The van der Waals surface area contributed by atoms with Crippen LogP contribution in [0.5, 0.6) is 0 Å². The Morgan fingerprint density at radius 3 is 2.76 bits per heavy atom. The summed E-state index contributed by atoms with van der Waals surface area (Å²) in [6.07, 6.45) is 0.810. The van der Waals surface area contributed by atoms with Crippen LogP contribution in [0.3, 0.4) is 0 Å². The molecule has 0 radical (unpaired) electrons. The first-order chi connectivity index (χ1) is 8.19. The van der Waals surface area contributed by atoms with Crippen LogP contribution in [-0.2, 0) is 6.42 Å². The summed E-state index contributed by atoms with van der Waals surface area (Å²) in [5, 5.41) is 5.45. The molecule has 0 spiro atoms. The second-order valence-electron chi connectivity index (χ2n) is 4.17. The highest BCUT2D eigenvalue weighted by Crippen LogP contribution is 2.23. The fraction of sp³-hybridized carbons (Fsp3) is 0.286. The van der Waals surface area contributed by atoms with Crippen LogP contribution in [0.2, 0.25) is 0 Å². The molecule has 2 rings (SSSR count). The van der Waals surface area contributed by atoms with Gasteiger partial charge in [0.05, 0.1) is 0 Å². The second kappa shape index (κ2) is 5.43. The molecule has 0 amide bonds. The van der Waals surface area contributed by atoms with Gasteiger partial charge in [-0.1, -0.05) is 12.1 Å². The highest BCUT2D eigenvalue weighted by molar-refractivity contribution is 7.10. The van der Waals surface area contributed by atoms with E-state index >= 15 is 0 Å². The Hall–Kier alpha value is -1.19. The third-order valence-corrected chi connectivity index (χ3v) is 3.71. The molecule has 0 bridgehead atoms. The lowest BCUT2D eigenvalue weighted by Crippen LogP contribution is -2.18. The zero-order valence-electron chi connectivity index (χ0n) is 10.0. The average molecular weight is 249 g/mol. The number of hydrogen-bond donors (Lipinski definition) is 1. The van der Waals surface area contributed by atoms with Gasteiger partial charge in [0.2, 0.25) is 0 Å². The summed E-state index contributed by atoms with van der Waals surface area (Å²) in [5.74, 6) is -0.168. The van der Waals surface area contributed by atoms with E-state index in [-0.39, 0.29) is 11.9 Å². The van der Waals surface area contributed by atoms with Crippen LogP contribution in [0, 0.1) is 12.7 Å². The highest BCUT2D eigenvalue weighted by atomic mass is 32.1. The smallest absolute Gasteiger partial charge is 0.123 e. The Morgan fingerprint density at radius 2 is 2.18 bits per heavy atom. The van der Waals surface area contributed by atoms with Gasteiger partial charge in [-0.15, -0.1) is 11.3 Å². The van der Waals surface area contributed by atoms with Crippen molar-refractivity contribution >= 4 is 11.3 Å². The maximum atomic E-state index is 13.1.